The van der Waals surface area contributed by atoms with Crippen LogP contribution in [0.5, 0.6) is 0 Å². The summed E-state index contributed by atoms with van der Waals surface area (Å²) in [7, 11) is 0. The normalized spacial score (nSPS) is 13.1. The molecule has 0 heterocycles. The molecule has 0 saturated heterocycles. The van der Waals surface area contributed by atoms with Crippen LogP contribution in [-0.4, -0.2) is 16.3 Å². The summed E-state index contributed by atoms with van der Waals surface area (Å²) in [4.78, 5) is 0. The monoisotopic (exact) mass is 267 g/mol. The summed E-state index contributed by atoms with van der Waals surface area (Å²) in [6, 6.07) is 6.39. The molecule has 0 aliphatic heterocycles. The molecule has 17 heavy (non-hydrogen) atoms. The number of nitrogens with zero attached hydrogens (tertiary/aromatic N) is 3. The molecule has 0 aliphatic rings. The third kappa shape index (κ3) is 8.93. The maximum atomic E-state index is 8.60. The number of thioether (sulfide) groups is 1. The molecule has 0 aromatic rings. The lowest BCUT2D eigenvalue weighted by Crippen LogP contribution is -2.18. The maximum Gasteiger partial charge on any atom is 0.0622 e. The lowest BCUT2D eigenvalue weighted by molar-refractivity contribution is 0.692. The molecular formula is C12H17N3S2. The highest BCUT2D eigenvalue weighted by Gasteiger charge is 2.17. The summed E-state index contributed by atoms with van der Waals surface area (Å²) in [5.41, 5.74) is 0. The van der Waals surface area contributed by atoms with Crippen LogP contribution in [-0.2, 0) is 0 Å². The summed E-state index contributed by atoms with van der Waals surface area (Å²) in [5.74, 6) is 0.924. The van der Waals surface area contributed by atoms with Gasteiger partial charge in [0, 0.05) is 29.8 Å². The van der Waals surface area contributed by atoms with Crippen LogP contribution in [0.4, 0.5) is 0 Å². The zero-order valence-electron chi connectivity index (χ0n) is 9.80. The number of nitriles is 3. The average Bonchev–Trinajstić information content (AvgIpc) is 2.35. The highest BCUT2D eigenvalue weighted by Crippen LogP contribution is 2.27. The molecule has 0 aliphatic carbocycles. The number of thiol groups is 1. The van der Waals surface area contributed by atoms with Crippen LogP contribution in [0.2, 0.25) is 0 Å². The van der Waals surface area contributed by atoms with Crippen molar-refractivity contribution in [1.82, 2.24) is 0 Å². The zero-order valence-corrected chi connectivity index (χ0v) is 11.5. The first-order valence-corrected chi connectivity index (χ1v) is 7.23. The van der Waals surface area contributed by atoms with Crippen molar-refractivity contribution in [3.63, 3.8) is 0 Å². The quantitative estimate of drug-likeness (QED) is 0.514. The molecule has 0 amide bonds. The SMILES string of the molecule is N#CCCCSC(CCC#N)C(S)CCC#N. The van der Waals surface area contributed by atoms with Gasteiger partial charge < -0.3 is 0 Å². The fourth-order valence-corrected chi connectivity index (χ4v) is 3.17. The Bertz CT molecular complexity index is 311. The molecule has 0 spiro atoms. The second-order valence-corrected chi connectivity index (χ2v) is 5.64. The lowest BCUT2D eigenvalue weighted by Gasteiger charge is -2.21. The largest absolute Gasteiger partial charge is 0.198 e. The first kappa shape index (κ1) is 16.2. The molecule has 0 aromatic carbocycles. The zero-order chi connectivity index (χ0) is 12.9. The molecule has 0 bridgehead atoms. The van der Waals surface area contributed by atoms with E-state index in [4.69, 9.17) is 15.8 Å². The standard InChI is InChI=1S/C12H17N3S2/c13-7-1-2-10-17-12(6-4-9-15)11(16)5-3-8-14/h11-12,16H,1-6,10H2. The van der Waals surface area contributed by atoms with E-state index in [1.165, 1.54) is 0 Å². The van der Waals surface area contributed by atoms with E-state index in [0.717, 1.165) is 25.0 Å². The smallest absolute Gasteiger partial charge is 0.0622 e. The summed E-state index contributed by atoms with van der Waals surface area (Å²) < 4.78 is 0. The molecule has 2 atom stereocenters. The van der Waals surface area contributed by atoms with Crippen LogP contribution in [0.15, 0.2) is 0 Å². The van der Waals surface area contributed by atoms with Gasteiger partial charge in [0.2, 0.25) is 0 Å². The van der Waals surface area contributed by atoms with Gasteiger partial charge in [-0.25, -0.2) is 0 Å². The molecule has 3 nitrogen and oxygen atoms in total. The molecule has 0 saturated carbocycles. The van der Waals surface area contributed by atoms with Crippen molar-refractivity contribution in [2.75, 3.05) is 5.75 Å². The van der Waals surface area contributed by atoms with Crippen molar-refractivity contribution in [1.29, 1.82) is 15.8 Å². The van der Waals surface area contributed by atoms with Crippen molar-refractivity contribution in [2.24, 2.45) is 0 Å². The second kappa shape index (κ2) is 11.6. The van der Waals surface area contributed by atoms with E-state index in [0.29, 0.717) is 24.5 Å². The summed E-state index contributed by atoms with van der Waals surface area (Å²) in [5, 5.41) is 26.1. The predicted molar refractivity (Wildman–Crippen MR) is 73.6 cm³/mol. The number of hydrogen-bond acceptors (Lipinski definition) is 5. The van der Waals surface area contributed by atoms with Gasteiger partial charge in [-0.1, -0.05) is 0 Å². The Labute approximate surface area is 113 Å². The van der Waals surface area contributed by atoms with Crippen LogP contribution in [0.3, 0.4) is 0 Å². The van der Waals surface area contributed by atoms with Crippen LogP contribution >= 0.6 is 24.4 Å². The molecular weight excluding hydrogens is 250 g/mol. The van der Waals surface area contributed by atoms with Gasteiger partial charge in [0.15, 0.2) is 0 Å². The minimum Gasteiger partial charge on any atom is -0.198 e. The highest BCUT2D eigenvalue weighted by molar-refractivity contribution is 8.00. The minimum absolute atomic E-state index is 0.162. The molecule has 5 heteroatoms. The number of rotatable bonds is 9. The van der Waals surface area contributed by atoms with Gasteiger partial charge in [0.25, 0.3) is 0 Å². The molecule has 0 rings (SSSR count). The van der Waals surface area contributed by atoms with Crippen molar-refractivity contribution >= 4 is 24.4 Å². The molecule has 0 fully saturated rings. The fourth-order valence-electron chi connectivity index (χ4n) is 1.38. The molecule has 0 aromatic heterocycles. The van der Waals surface area contributed by atoms with Crippen LogP contribution < -0.4 is 0 Å². The summed E-state index contributed by atoms with van der Waals surface area (Å²) >= 11 is 6.28. The van der Waals surface area contributed by atoms with Crippen LogP contribution in [0.25, 0.3) is 0 Å². The first-order chi connectivity index (χ1) is 8.26. The Morgan fingerprint density at radius 3 is 2.12 bits per heavy atom. The van der Waals surface area contributed by atoms with Gasteiger partial charge in [0.1, 0.15) is 0 Å². The Balaban J connectivity index is 4.00. The molecule has 0 N–H and O–H groups in total. The fraction of sp³-hybridized carbons (Fsp3) is 0.750. The van der Waals surface area contributed by atoms with Crippen LogP contribution in [0.1, 0.15) is 38.5 Å². The molecule has 0 radical (unpaired) electrons. The third-order valence-electron chi connectivity index (χ3n) is 2.29. The predicted octanol–water partition coefficient (Wildman–Crippen LogP) is 3.30. The van der Waals surface area contributed by atoms with E-state index in [2.05, 4.69) is 30.8 Å². The van der Waals surface area contributed by atoms with Crippen molar-refractivity contribution in [2.45, 2.75) is 49.0 Å². The van der Waals surface area contributed by atoms with Gasteiger partial charge in [-0.15, -0.1) is 0 Å². The third-order valence-corrected chi connectivity index (χ3v) is 4.62. The first-order valence-electron chi connectivity index (χ1n) is 5.66. The number of hydrogen-bond donors (Lipinski definition) is 1. The second-order valence-electron chi connectivity index (χ2n) is 3.63. The van der Waals surface area contributed by atoms with E-state index in [9.17, 15) is 0 Å². The minimum atomic E-state index is 0.162. The number of unbranched alkanes of at least 4 members (excludes halogenated alkanes) is 1. The summed E-state index contributed by atoms with van der Waals surface area (Å²) in [6.07, 6.45) is 4.07. The Hall–Kier alpha value is -0.830. The van der Waals surface area contributed by atoms with E-state index < -0.39 is 0 Å². The van der Waals surface area contributed by atoms with Crippen molar-refractivity contribution in [3.8, 4) is 18.2 Å². The van der Waals surface area contributed by atoms with E-state index in [1.807, 2.05) is 0 Å². The van der Waals surface area contributed by atoms with E-state index >= 15 is 0 Å². The highest BCUT2D eigenvalue weighted by atomic mass is 32.2. The van der Waals surface area contributed by atoms with Crippen LogP contribution in [0, 0.1) is 34.0 Å². The van der Waals surface area contributed by atoms with Crippen molar-refractivity contribution < 1.29 is 0 Å². The Morgan fingerprint density at radius 1 is 0.941 bits per heavy atom. The maximum absolute atomic E-state index is 8.60. The lowest BCUT2D eigenvalue weighted by atomic mass is 10.1. The van der Waals surface area contributed by atoms with E-state index in [1.54, 1.807) is 11.8 Å². The summed E-state index contributed by atoms with van der Waals surface area (Å²) in [6.45, 7) is 0. The molecule has 92 valence electrons. The Morgan fingerprint density at radius 2 is 1.53 bits per heavy atom. The average molecular weight is 267 g/mol. The van der Waals surface area contributed by atoms with Gasteiger partial charge in [0.05, 0.1) is 18.2 Å². The van der Waals surface area contributed by atoms with Gasteiger partial charge >= 0.3 is 0 Å². The van der Waals surface area contributed by atoms with Crippen molar-refractivity contribution in [3.05, 3.63) is 0 Å². The topological polar surface area (TPSA) is 71.4 Å². The van der Waals surface area contributed by atoms with Gasteiger partial charge in [-0.2, -0.15) is 40.2 Å². The van der Waals surface area contributed by atoms with E-state index in [-0.39, 0.29) is 5.25 Å². The molecule has 2 unspecified atom stereocenters. The van der Waals surface area contributed by atoms with Gasteiger partial charge in [-0.3, -0.25) is 0 Å². The van der Waals surface area contributed by atoms with Gasteiger partial charge in [-0.05, 0) is 25.0 Å². The Kier molecular flexibility index (Phi) is 11.1.